The van der Waals surface area contributed by atoms with Crippen LogP contribution in [0.15, 0.2) is 54.7 Å². The highest BCUT2D eigenvalue weighted by atomic mass is 16.5. The first-order valence-corrected chi connectivity index (χ1v) is 8.65. The molecule has 134 valence electrons. The Hall–Kier alpha value is -3.08. The number of nitrogens with one attached hydrogen (secondary N) is 1. The molecule has 0 aliphatic heterocycles. The lowest BCUT2D eigenvalue weighted by Crippen LogP contribution is -2.21. The van der Waals surface area contributed by atoms with Crippen molar-refractivity contribution >= 4 is 22.5 Å². The van der Waals surface area contributed by atoms with Gasteiger partial charge in [-0.15, -0.1) is 0 Å². The molecule has 2 aromatic carbocycles. The second kappa shape index (κ2) is 7.87. The van der Waals surface area contributed by atoms with Crippen LogP contribution in [0, 0.1) is 0 Å². The number of carbonyl (C=O) groups is 1. The smallest absolute Gasteiger partial charge is 0.253 e. The maximum absolute atomic E-state index is 12.2. The van der Waals surface area contributed by atoms with Gasteiger partial charge < -0.3 is 15.0 Å². The number of amides is 1. The van der Waals surface area contributed by atoms with Crippen molar-refractivity contribution < 1.29 is 9.53 Å². The molecule has 3 aromatic rings. The van der Waals surface area contributed by atoms with Gasteiger partial charge in [0.25, 0.3) is 5.91 Å². The highest BCUT2D eigenvalue weighted by Gasteiger charge is 2.12. The van der Waals surface area contributed by atoms with Crippen LogP contribution in [0.2, 0.25) is 0 Å². The van der Waals surface area contributed by atoms with Gasteiger partial charge in [0.2, 0.25) is 0 Å². The molecular weight excluding hydrogens is 326 g/mol. The van der Waals surface area contributed by atoms with Crippen molar-refractivity contribution in [3.63, 3.8) is 0 Å². The Labute approximate surface area is 153 Å². The second-order valence-electron chi connectivity index (χ2n) is 6.19. The van der Waals surface area contributed by atoms with Gasteiger partial charge in [-0.05, 0) is 36.8 Å². The number of ether oxygens (including phenoxy) is 1. The summed E-state index contributed by atoms with van der Waals surface area (Å²) in [6.07, 6.45) is 1.80. The van der Waals surface area contributed by atoms with Crippen molar-refractivity contribution in [2.24, 2.45) is 0 Å². The van der Waals surface area contributed by atoms with E-state index in [-0.39, 0.29) is 5.91 Å². The van der Waals surface area contributed by atoms with Crippen LogP contribution in [0.1, 0.15) is 22.8 Å². The zero-order valence-corrected chi connectivity index (χ0v) is 15.3. The molecule has 1 heterocycles. The van der Waals surface area contributed by atoms with Gasteiger partial charge >= 0.3 is 0 Å². The summed E-state index contributed by atoms with van der Waals surface area (Å²) in [7, 11) is 3.48. The molecule has 5 nitrogen and oxygen atoms in total. The Balaban J connectivity index is 1.85. The van der Waals surface area contributed by atoms with Crippen molar-refractivity contribution in [2.45, 2.75) is 13.5 Å². The van der Waals surface area contributed by atoms with E-state index in [1.165, 1.54) is 0 Å². The Morgan fingerprint density at radius 2 is 1.96 bits per heavy atom. The Morgan fingerprint density at radius 3 is 2.73 bits per heavy atom. The molecule has 0 spiro atoms. The first kappa shape index (κ1) is 17.7. The van der Waals surface area contributed by atoms with Gasteiger partial charge in [-0.2, -0.15) is 0 Å². The Morgan fingerprint density at radius 1 is 1.15 bits per heavy atom. The largest absolute Gasteiger partial charge is 0.492 e. The SMILES string of the molecule is CCOc1cc(C(=O)N(C)C)ccc1NCc1cccc2cccnc12. The van der Waals surface area contributed by atoms with Crippen LogP contribution in [-0.4, -0.2) is 36.5 Å². The number of hydrogen-bond acceptors (Lipinski definition) is 4. The third-order valence-electron chi connectivity index (χ3n) is 4.12. The number of pyridine rings is 1. The molecule has 0 saturated carbocycles. The molecule has 3 rings (SSSR count). The van der Waals surface area contributed by atoms with Crippen LogP contribution >= 0.6 is 0 Å². The average molecular weight is 349 g/mol. The normalized spacial score (nSPS) is 10.6. The lowest BCUT2D eigenvalue weighted by molar-refractivity contribution is 0.0827. The molecule has 0 aliphatic carbocycles. The van der Waals surface area contributed by atoms with Crippen LogP contribution < -0.4 is 10.1 Å². The van der Waals surface area contributed by atoms with Gasteiger partial charge in [-0.1, -0.05) is 24.3 Å². The molecule has 26 heavy (non-hydrogen) atoms. The molecule has 0 fully saturated rings. The van der Waals surface area contributed by atoms with E-state index in [0.717, 1.165) is 22.2 Å². The third-order valence-corrected chi connectivity index (χ3v) is 4.12. The molecule has 1 aromatic heterocycles. The summed E-state index contributed by atoms with van der Waals surface area (Å²) in [5.74, 6) is 0.629. The number of aromatic nitrogens is 1. The zero-order valence-electron chi connectivity index (χ0n) is 15.3. The molecule has 0 atom stereocenters. The standard InChI is InChI=1S/C21H23N3O2/c1-4-26-19-13-16(21(25)24(2)3)10-11-18(19)23-14-17-8-5-7-15-9-6-12-22-20(15)17/h5-13,23H,4,14H2,1-3H3. The quantitative estimate of drug-likeness (QED) is 0.732. The van der Waals surface area contributed by atoms with Crippen LogP contribution in [0.3, 0.4) is 0 Å². The molecule has 5 heteroatoms. The molecule has 1 amide bonds. The first-order valence-electron chi connectivity index (χ1n) is 8.65. The Bertz CT molecular complexity index is 917. The van der Waals surface area contributed by atoms with Crippen LogP contribution in [0.4, 0.5) is 5.69 Å². The summed E-state index contributed by atoms with van der Waals surface area (Å²) >= 11 is 0. The zero-order chi connectivity index (χ0) is 18.5. The number of para-hydroxylation sites is 1. The minimum Gasteiger partial charge on any atom is -0.492 e. The lowest BCUT2D eigenvalue weighted by Gasteiger charge is -2.16. The van der Waals surface area contributed by atoms with Gasteiger partial charge in [0.1, 0.15) is 5.75 Å². The van der Waals surface area contributed by atoms with Gasteiger partial charge in [0, 0.05) is 37.8 Å². The predicted octanol–water partition coefficient (Wildman–Crippen LogP) is 3.95. The Kier molecular flexibility index (Phi) is 5.37. The maximum atomic E-state index is 12.2. The summed E-state index contributed by atoms with van der Waals surface area (Å²) < 4.78 is 5.73. The van der Waals surface area contributed by atoms with Crippen molar-refractivity contribution in [1.29, 1.82) is 0 Å². The van der Waals surface area contributed by atoms with E-state index in [9.17, 15) is 4.79 Å². The molecule has 0 radical (unpaired) electrons. The summed E-state index contributed by atoms with van der Waals surface area (Å²) in [4.78, 5) is 18.2. The van der Waals surface area contributed by atoms with Gasteiger partial charge in [-0.3, -0.25) is 9.78 Å². The van der Waals surface area contributed by atoms with Gasteiger partial charge in [0.15, 0.2) is 0 Å². The fourth-order valence-corrected chi connectivity index (χ4v) is 2.84. The number of nitrogens with zero attached hydrogens (tertiary/aromatic N) is 2. The number of benzene rings is 2. The van der Waals surface area contributed by atoms with E-state index >= 15 is 0 Å². The maximum Gasteiger partial charge on any atom is 0.253 e. The summed E-state index contributed by atoms with van der Waals surface area (Å²) in [6.45, 7) is 3.08. The number of rotatable bonds is 6. The molecule has 0 aliphatic rings. The average Bonchev–Trinajstić information content (AvgIpc) is 2.66. The highest BCUT2D eigenvalue weighted by Crippen LogP contribution is 2.28. The van der Waals surface area contributed by atoms with Crippen LogP contribution in [-0.2, 0) is 6.54 Å². The number of fused-ring (bicyclic) bond motifs is 1. The third kappa shape index (κ3) is 3.77. The minimum absolute atomic E-state index is 0.0456. The van der Waals surface area contributed by atoms with Gasteiger partial charge in [0.05, 0.1) is 17.8 Å². The van der Waals surface area contributed by atoms with E-state index in [1.54, 1.807) is 31.3 Å². The lowest BCUT2D eigenvalue weighted by atomic mass is 10.1. The molecule has 1 N–H and O–H groups in total. The first-order chi connectivity index (χ1) is 12.6. The number of hydrogen-bond donors (Lipinski definition) is 1. The van der Waals surface area contributed by atoms with E-state index in [4.69, 9.17) is 4.74 Å². The van der Waals surface area contributed by atoms with E-state index in [0.29, 0.717) is 24.5 Å². The molecule has 0 saturated heterocycles. The van der Waals surface area contributed by atoms with E-state index in [1.807, 2.05) is 31.2 Å². The van der Waals surface area contributed by atoms with Gasteiger partial charge in [-0.25, -0.2) is 0 Å². The van der Waals surface area contributed by atoms with Crippen molar-refractivity contribution in [1.82, 2.24) is 9.88 Å². The second-order valence-corrected chi connectivity index (χ2v) is 6.19. The topological polar surface area (TPSA) is 54.5 Å². The fraction of sp³-hybridized carbons (Fsp3) is 0.238. The predicted molar refractivity (Wildman–Crippen MR) is 105 cm³/mol. The monoisotopic (exact) mass is 349 g/mol. The molecule has 0 bridgehead atoms. The highest BCUT2D eigenvalue weighted by molar-refractivity contribution is 5.95. The van der Waals surface area contributed by atoms with E-state index in [2.05, 4.69) is 28.5 Å². The van der Waals surface area contributed by atoms with Crippen molar-refractivity contribution in [2.75, 3.05) is 26.0 Å². The van der Waals surface area contributed by atoms with Crippen LogP contribution in [0.25, 0.3) is 10.9 Å². The van der Waals surface area contributed by atoms with Crippen molar-refractivity contribution in [3.05, 3.63) is 65.9 Å². The number of anilines is 1. The van der Waals surface area contributed by atoms with Crippen LogP contribution in [0.5, 0.6) is 5.75 Å². The van der Waals surface area contributed by atoms with E-state index < -0.39 is 0 Å². The fourth-order valence-electron chi connectivity index (χ4n) is 2.84. The molecule has 0 unspecified atom stereocenters. The minimum atomic E-state index is -0.0456. The number of carbonyl (C=O) groups excluding carboxylic acids is 1. The summed E-state index contributed by atoms with van der Waals surface area (Å²) in [5.41, 5.74) is 3.56. The summed E-state index contributed by atoms with van der Waals surface area (Å²) in [6, 6.07) is 15.6. The summed E-state index contributed by atoms with van der Waals surface area (Å²) in [5, 5.41) is 4.53. The van der Waals surface area contributed by atoms with Crippen molar-refractivity contribution in [3.8, 4) is 5.75 Å². The molecular formula is C21H23N3O2.